The third-order valence-corrected chi connectivity index (χ3v) is 8.11. The topological polar surface area (TPSA) is 12.9 Å². The van der Waals surface area contributed by atoms with Gasteiger partial charge in [0.15, 0.2) is 0 Å². The summed E-state index contributed by atoms with van der Waals surface area (Å²) in [6.07, 6.45) is 9.61. The predicted molar refractivity (Wildman–Crippen MR) is 97.2 cm³/mol. The van der Waals surface area contributed by atoms with Gasteiger partial charge in [0.05, 0.1) is 5.52 Å². The minimum Gasteiger partial charge on any atom is -0.255 e. The van der Waals surface area contributed by atoms with Gasteiger partial charge in [0.2, 0.25) is 0 Å². The van der Waals surface area contributed by atoms with Crippen LogP contribution in [0.2, 0.25) is 0 Å². The lowest BCUT2D eigenvalue weighted by Crippen LogP contribution is -2.23. The van der Waals surface area contributed by atoms with Gasteiger partial charge in [-0.15, -0.1) is 0 Å². The van der Waals surface area contributed by atoms with Crippen LogP contribution < -0.4 is 0 Å². The van der Waals surface area contributed by atoms with E-state index < -0.39 is 0 Å². The molecule has 3 aromatic rings. The first-order valence-electron chi connectivity index (χ1n) is 9.64. The lowest BCUT2D eigenvalue weighted by atomic mass is 9.70. The van der Waals surface area contributed by atoms with Gasteiger partial charge in [0.1, 0.15) is 0 Å². The van der Waals surface area contributed by atoms with Gasteiger partial charge < -0.3 is 0 Å². The number of rotatable bonds is 0. The molecule has 2 aromatic carbocycles. The molecule has 1 spiro atoms. The van der Waals surface area contributed by atoms with Crippen LogP contribution in [0.1, 0.15) is 55.1 Å². The van der Waals surface area contributed by atoms with Crippen LogP contribution in [-0.2, 0) is 0 Å². The Kier molecular flexibility index (Phi) is 2.00. The van der Waals surface area contributed by atoms with Crippen molar-refractivity contribution in [2.75, 3.05) is 0 Å². The largest absolute Gasteiger partial charge is 0.255 e. The Balaban J connectivity index is 1.58. The average Bonchev–Trinajstić information content (AvgIpc) is 3.23. The van der Waals surface area contributed by atoms with Crippen LogP contribution in [-0.4, -0.2) is 4.98 Å². The lowest BCUT2D eigenvalue weighted by Gasteiger charge is -2.34. The quantitative estimate of drug-likeness (QED) is 0.480. The minimum atomic E-state index is 0.775. The highest BCUT2D eigenvalue weighted by atomic mass is 14.7. The molecule has 1 heteroatoms. The molecule has 1 aromatic heterocycles. The molecule has 3 bridgehead atoms. The first-order valence-corrected chi connectivity index (χ1v) is 9.64. The van der Waals surface area contributed by atoms with E-state index in [1.165, 1.54) is 53.8 Å². The SMILES string of the molecule is c1ccc2c(c1)ccc1c3c(cnc12)C1CC2CC3CC3CC23C1. The average molecular weight is 311 g/mol. The molecule has 0 radical (unpaired) electrons. The molecule has 0 aliphatic heterocycles. The van der Waals surface area contributed by atoms with Crippen LogP contribution in [0.5, 0.6) is 0 Å². The molecule has 7 rings (SSSR count). The second-order valence-corrected chi connectivity index (χ2v) is 8.95. The van der Waals surface area contributed by atoms with Crippen LogP contribution in [0.25, 0.3) is 21.7 Å². The van der Waals surface area contributed by atoms with Crippen molar-refractivity contribution in [1.29, 1.82) is 0 Å². The highest BCUT2D eigenvalue weighted by molar-refractivity contribution is 6.06. The molecule has 4 aliphatic carbocycles. The van der Waals surface area contributed by atoms with Crippen molar-refractivity contribution in [1.82, 2.24) is 4.98 Å². The van der Waals surface area contributed by atoms with Gasteiger partial charge in [0, 0.05) is 17.0 Å². The zero-order chi connectivity index (χ0) is 15.5. The number of hydrogen-bond acceptors (Lipinski definition) is 1. The summed E-state index contributed by atoms with van der Waals surface area (Å²) in [5.41, 5.74) is 5.32. The van der Waals surface area contributed by atoms with E-state index in [-0.39, 0.29) is 0 Å². The van der Waals surface area contributed by atoms with Crippen molar-refractivity contribution in [2.45, 2.75) is 43.9 Å². The first kappa shape index (κ1) is 12.5. The number of aromatic nitrogens is 1. The molecule has 1 heterocycles. The van der Waals surface area contributed by atoms with Crippen LogP contribution in [0, 0.1) is 17.3 Å². The Labute approximate surface area is 142 Å². The Hall–Kier alpha value is -1.89. The van der Waals surface area contributed by atoms with Crippen LogP contribution in [0.4, 0.5) is 0 Å². The minimum absolute atomic E-state index is 0.775. The predicted octanol–water partition coefficient (Wildman–Crippen LogP) is 5.78. The van der Waals surface area contributed by atoms with Gasteiger partial charge in [-0.25, -0.2) is 0 Å². The highest BCUT2D eigenvalue weighted by Gasteiger charge is 2.67. The van der Waals surface area contributed by atoms with E-state index in [0.29, 0.717) is 0 Å². The number of benzene rings is 2. The van der Waals surface area contributed by atoms with Crippen molar-refractivity contribution in [2.24, 2.45) is 17.3 Å². The zero-order valence-corrected chi connectivity index (χ0v) is 13.8. The van der Waals surface area contributed by atoms with Crippen molar-refractivity contribution < 1.29 is 0 Å². The molecule has 118 valence electrons. The van der Waals surface area contributed by atoms with Gasteiger partial charge in [-0.3, -0.25) is 4.98 Å². The number of pyridine rings is 1. The molecule has 0 N–H and O–H groups in total. The molecule has 3 fully saturated rings. The Bertz CT molecular complexity index is 1030. The van der Waals surface area contributed by atoms with E-state index in [2.05, 4.69) is 42.6 Å². The molecule has 4 aliphatic rings. The Morgan fingerprint density at radius 3 is 2.71 bits per heavy atom. The van der Waals surface area contributed by atoms with E-state index >= 15 is 0 Å². The Morgan fingerprint density at radius 1 is 0.833 bits per heavy atom. The second kappa shape index (κ2) is 3.85. The fraction of sp³-hybridized carbons (Fsp3) is 0.435. The maximum atomic E-state index is 5.00. The summed E-state index contributed by atoms with van der Waals surface area (Å²) in [7, 11) is 0. The normalized spacial score (nSPS) is 38.2. The summed E-state index contributed by atoms with van der Waals surface area (Å²) in [6, 6.07) is 13.4. The van der Waals surface area contributed by atoms with Gasteiger partial charge in [0.25, 0.3) is 0 Å². The monoisotopic (exact) mass is 311 g/mol. The van der Waals surface area contributed by atoms with Gasteiger partial charge in [-0.2, -0.15) is 0 Å². The van der Waals surface area contributed by atoms with Gasteiger partial charge in [-0.1, -0.05) is 36.4 Å². The van der Waals surface area contributed by atoms with E-state index in [4.69, 9.17) is 4.98 Å². The van der Waals surface area contributed by atoms with E-state index in [9.17, 15) is 0 Å². The molecule has 5 atom stereocenters. The third-order valence-electron chi connectivity index (χ3n) is 8.11. The Morgan fingerprint density at radius 2 is 1.71 bits per heavy atom. The molecule has 24 heavy (non-hydrogen) atoms. The smallest absolute Gasteiger partial charge is 0.0783 e. The lowest BCUT2D eigenvalue weighted by molar-refractivity contribution is 0.232. The van der Waals surface area contributed by atoms with E-state index in [0.717, 1.165) is 29.1 Å². The maximum Gasteiger partial charge on any atom is 0.0783 e. The summed E-state index contributed by atoms with van der Waals surface area (Å²) < 4.78 is 0. The summed E-state index contributed by atoms with van der Waals surface area (Å²) in [4.78, 5) is 5.00. The number of fused-ring (bicyclic) bond motifs is 9. The van der Waals surface area contributed by atoms with Crippen molar-refractivity contribution in [3.05, 3.63) is 53.7 Å². The molecule has 3 saturated carbocycles. The van der Waals surface area contributed by atoms with Crippen LogP contribution >= 0.6 is 0 Å². The molecule has 0 saturated heterocycles. The summed E-state index contributed by atoms with van der Waals surface area (Å²) >= 11 is 0. The fourth-order valence-corrected chi connectivity index (χ4v) is 7.09. The second-order valence-electron chi connectivity index (χ2n) is 8.95. The zero-order valence-electron chi connectivity index (χ0n) is 13.8. The van der Waals surface area contributed by atoms with Crippen LogP contribution in [0.15, 0.2) is 42.6 Å². The summed E-state index contributed by atoms with van der Waals surface area (Å²) in [5.74, 6) is 3.64. The maximum absolute atomic E-state index is 5.00. The number of nitrogens with zero attached hydrogens (tertiary/aromatic N) is 1. The molecular formula is C23H21N. The van der Waals surface area contributed by atoms with Crippen molar-refractivity contribution >= 4 is 21.7 Å². The molecule has 1 nitrogen and oxygen atoms in total. The summed E-state index contributed by atoms with van der Waals surface area (Å²) in [5, 5.41) is 4.10. The number of hydrogen-bond donors (Lipinski definition) is 0. The van der Waals surface area contributed by atoms with Gasteiger partial charge in [-0.05, 0) is 77.7 Å². The molecular weight excluding hydrogens is 290 g/mol. The van der Waals surface area contributed by atoms with E-state index in [1.807, 2.05) is 0 Å². The summed E-state index contributed by atoms with van der Waals surface area (Å²) in [6.45, 7) is 0. The third kappa shape index (κ3) is 1.30. The van der Waals surface area contributed by atoms with Crippen molar-refractivity contribution in [3.8, 4) is 0 Å². The van der Waals surface area contributed by atoms with Crippen LogP contribution in [0.3, 0.4) is 0 Å². The van der Waals surface area contributed by atoms with Gasteiger partial charge >= 0.3 is 0 Å². The van der Waals surface area contributed by atoms with Crippen molar-refractivity contribution in [3.63, 3.8) is 0 Å². The first-order chi connectivity index (χ1) is 11.8. The van der Waals surface area contributed by atoms with E-state index in [1.54, 1.807) is 11.1 Å². The standard InChI is InChI=1S/C23H21N/c1-2-4-18-13(3-1)5-6-19-21-14-7-16-9-15(20(21)12-24-22(18)19)10-23(16)11-17(23)8-14/h1-6,12,14-17H,7-11H2. The highest BCUT2D eigenvalue weighted by Crippen LogP contribution is 2.77. The fourth-order valence-electron chi connectivity index (χ4n) is 7.09. The molecule has 5 unspecified atom stereocenters. The molecule has 0 amide bonds.